The molecule has 1 atom stereocenters. The molecule has 0 saturated heterocycles. The molecule has 1 aliphatic carbocycles. The summed E-state index contributed by atoms with van der Waals surface area (Å²) in [5, 5.41) is 3.27. The quantitative estimate of drug-likeness (QED) is 0.685. The molecule has 0 radical (unpaired) electrons. The molecule has 1 saturated carbocycles. The number of amides is 2. The zero-order chi connectivity index (χ0) is 21.7. The third-order valence-electron chi connectivity index (χ3n) is 5.69. The third-order valence-corrected chi connectivity index (χ3v) is 6.05. The molecule has 2 amide bonds. The first kappa shape index (κ1) is 22.3. The lowest BCUT2D eigenvalue weighted by Gasteiger charge is -2.30. The van der Waals surface area contributed by atoms with Crippen LogP contribution in [-0.4, -0.2) is 28.8 Å². The fourth-order valence-electron chi connectivity index (χ4n) is 3.94. The van der Waals surface area contributed by atoms with Gasteiger partial charge in [0.05, 0.1) is 6.42 Å². The van der Waals surface area contributed by atoms with Crippen LogP contribution >= 0.6 is 11.6 Å². The van der Waals surface area contributed by atoms with Gasteiger partial charge in [-0.15, -0.1) is 0 Å². The van der Waals surface area contributed by atoms with Crippen molar-refractivity contribution in [2.45, 2.75) is 64.6 Å². The van der Waals surface area contributed by atoms with Crippen molar-refractivity contribution in [2.24, 2.45) is 0 Å². The zero-order valence-corrected chi connectivity index (χ0v) is 18.2. The highest BCUT2D eigenvalue weighted by Gasteiger charge is 2.29. The monoisotopic (exact) mass is 430 g/mol. The van der Waals surface area contributed by atoms with Gasteiger partial charge in [0, 0.05) is 23.2 Å². The number of hydrogen-bond donors (Lipinski definition) is 1. The Bertz CT molecular complexity index is 892. The van der Waals surface area contributed by atoms with E-state index >= 15 is 0 Å². The van der Waals surface area contributed by atoms with Crippen LogP contribution in [0.2, 0.25) is 5.02 Å². The van der Waals surface area contributed by atoms with E-state index in [-0.39, 0.29) is 41.4 Å². The normalized spacial score (nSPS) is 15.1. The standard InChI is InChI=1S/C24H28ClFN2O2/c1-16-7-5-8-18(13-16)15-28(17(2)24(30)27-19-9-3-4-10-19)23(29)14-20-21(25)11-6-12-22(20)26/h5-8,11-13,17,19H,3-4,9-10,14-15H2,1-2H3,(H,27,30)/t17-/m0/s1. The molecule has 30 heavy (non-hydrogen) atoms. The number of carbonyl (C=O) groups excluding carboxylic acids is 2. The molecule has 0 bridgehead atoms. The minimum Gasteiger partial charge on any atom is -0.352 e. The maximum Gasteiger partial charge on any atom is 0.242 e. The van der Waals surface area contributed by atoms with Crippen molar-refractivity contribution < 1.29 is 14.0 Å². The summed E-state index contributed by atoms with van der Waals surface area (Å²) in [5.74, 6) is -1.03. The smallest absolute Gasteiger partial charge is 0.242 e. The van der Waals surface area contributed by atoms with E-state index in [2.05, 4.69) is 5.32 Å². The van der Waals surface area contributed by atoms with Gasteiger partial charge in [0.25, 0.3) is 0 Å². The van der Waals surface area contributed by atoms with Crippen molar-refractivity contribution in [1.29, 1.82) is 0 Å². The van der Waals surface area contributed by atoms with E-state index in [1.54, 1.807) is 13.0 Å². The molecular weight excluding hydrogens is 403 g/mol. The number of benzene rings is 2. The number of nitrogens with one attached hydrogen (secondary N) is 1. The molecule has 0 spiro atoms. The molecule has 0 unspecified atom stereocenters. The first-order chi connectivity index (χ1) is 14.3. The molecule has 4 nitrogen and oxygen atoms in total. The molecule has 0 heterocycles. The molecule has 1 N–H and O–H groups in total. The number of hydrogen-bond acceptors (Lipinski definition) is 2. The largest absolute Gasteiger partial charge is 0.352 e. The van der Waals surface area contributed by atoms with Crippen LogP contribution in [0, 0.1) is 12.7 Å². The Balaban J connectivity index is 1.82. The Kier molecular flexibility index (Phi) is 7.48. The van der Waals surface area contributed by atoms with E-state index in [1.807, 2.05) is 31.2 Å². The van der Waals surface area contributed by atoms with E-state index in [4.69, 9.17) is 11.6 Å². The number of carbonyl (C=O) groups is 2. The highest BCUT2D eigenvalue weighted by Crippen LogP contribution is 2.22. The van der Waals surface area contributed by atoms with Crippen molar-refractivity contribution in [3.8, 4) is 0 Å². The summed E-state index contributed by atoms with van der Waals surface area (Å²) in [7, 11) is 0. The van der Waals surface area contributed by atoms with Crippen LogP contribution in [0.1, 0.15) is 49.3 Å². The second kappa shape index (κ2) is 10.1. The van der Waals surface area contributed by atoms with E-state index < -0.39 is 11.9 Å². The van der Waals surface area contributed by atoms with Crippen LogP contribution < -0.4 is 5.32 Å². The molecule has 0 aromatic heterocycles. The van der Waals surface area contributed by atoms with Crippen molar-refractivity contribution >= 4 is 23.4 Å². The fraction of sp³-hybridized carbons (Fsp3) is 0.417. The van der Waals surface area contributed by atoms with E-state index in [9.17, 15) is 14.0 Å². The summed E-state index contributed by atoms with van der Waals surface area (Å²) in [6.45, 7) is 3.97. The van der Waals surface area contributed by atoms with Crippen LogP contribution in [-0.2, 0) is 22.6 Å². The molecule has 2 aromatic rings. The Morgan fingerprint density at radius 2 is 1.90 bits per heavy atom. The average Bonchev–Trinajstić information content (AvgIpc) is 3.21. The molecule has 6 heteroatoms. The van der Waals surface area contributed by atoms with Crippen LogP contribution in [0.3, 0.4) is 0 Å². The molecule has 1 aliphatic rings. The highest BCUT2D eigenvalue weighted by atomic mass is 35.5. The maximum absolute atomic E-state index is 14.2. The summed E-state index contributed by atoms with van der Waals surface area (Å²) in [6.07, 6.45) is 3.96. The summed E-state index contributed by atoms with van der Waals surface area (Å²) < 4.78 is 14.2. The van der Waals surface area contributed by atoms with E-state index in [0.717, 1.165) is 36.8 Å². The molecule has 0 aliphatic heterocycles. The van der Waals surface area contributed by atoms with Crippen LogP contribution in [0.25, 0.3) is 0 Å². The van der Waals surface area contributed by atoms with Crippen LogP contribution in [0.4, 0.5) is 4.39 Å². The van der Waals surface area contributed by atoms with Gasteiger partial charge in [0.15, 0.2) is 0 Å². The summed E-state index contributed by atoms with van der Waals surface area (Å²) in [5.41, 5.74) is 2.14. The van der Waals surface area contributed by atoms with Gasteiger partial charge in [-0.3, -0.25) is 9.59 Å². The van der Waals surface area contributed by atoms with Gasteiger partial charge in [0.1, 0.15) is 11.9 Å². The predicted molar refractivity (Wildman–Crippen MR) is 117 cm³/mol. The fourth-order valence-corrected chi connectivity index (χ4v) is 4.17. The van der Waals surface area contributed by atoms with Gasteiger partial charge in [0.2, 0.25) is 11.8 Å². The minimum absolute atomic E-state index is 0.154. The zero-order valence-electron chi connectivity index (χ0n) is 17.5. The van der Waals surface area contributed by atoms with Crippen molar-refractivity contribution in [3.05, 3.63) is 70.0 Å². The van der Waals surface area contributed by atoms with E-state index in [0.29, 0.717) is 0 Å². The second-order valence-electron chi connectivity index (χ2n) is 8.05. The Labute approximate surface area is 182 Å². The number of halogens is 2. The van der Waals surface area contributed by atoms with E-state index in [1.165, 1.54) is 17.0 Å². The Morgan fingerprint density at radius 3 is 2.57 bits per heavy atom. The molecule has 2 aromatic carbocycles. The molecule has 1 fully saturated rings. The maximum atomic E-state index is 14.2. The van der Waals surface area contributed by atoms with Gasteiger partial charge in [-0.25, -0.2) is 4.39 Å². The average molecular weight is 431 g/mol. The minimum atomic E-state index is -0.677. The van der Waals surface area contributed by atoms with Crippen LogP contribution in [0.15, 0.2) is 42.5 Å². The first-order valence-corrected chi connectivity index (χ1v) is 10.8. The number of nitrogens with zero attached hydrogens (tertiary/aromatic N) is 1. The van der Waals surface area contributed by atoms with Gasteiger partial charge in [-0.1, -0.05) is 60.3 Å². The topological polar surface area (TPSA) is 49.4 Å². The Morgan fingerprint density at radius 1 is 1.20 bits per heavy atom. The second-order valence-corrected chi connectivity index (χ2v) is 8.46. The first-order valence-electron chi connectivity index (χ1n) is 10.4. The lowest BCUT2D eigenvalue weighted by atomic mass is 10.1. The summed E-state index contributed by atoms with van der Waals surface area (Å²) in [6, 6.07) is 11.6. The highest BCUT2D eigenvalue weighted by molar-refractivity contribution is 6.31. The number of aryl methyl sites for hydroxylation is 1. The molecule has 3 rings (SSSR count). The third kappa shape index (κ3) is 5.60. The van der Waals surface area contributed by atoms with Gasteiger partial charge in [-0.05, 0) is 44.4 Å². The van der Waals surface area contributed by atoms with Gasteiger partial charge >= 0.3 is 0 Å². The lowest BCUT2D eigenvalue weighted by Crippen LogP contribution is -2.50. The van der Waals surface area contributed by atoms with Crippen molar-refractivity contribution in [2.75, 3.05) is 0 Å². The summed E-state index contributed by atoms with van der Waals surface area (Å²) in [4.78, 5) is 27.6. The van der Waals surface area contributed by atoms with Crippen LogP contribution in [0.5, 0.6) is 0 Å². The van der Waals surface area contributed by atoms with Crippen molar-refractivity contribution in [1.82, 2.24) is 10.2 Å². The lowest BCUT2D eigenvalue weighted by molar-refractivity contribution is -0.140. The van der Waals surface area contributed by atoms with Gasteiger partial charge in [-0.2, -0.15) is 0 Å². The predicted octanol–water partition coefficient (Wildman–Crippen LogP) is 4.81. The molecule has 160 valence electrons. The number of rotatable bonds is 7. The summed E-state index contributed by atoms with van der Waals surface area (Å²) >= 11 is 6.12. The van der Waals surface area contributed by atoms with Crippen molar-refractivity contribution in [3.63, 3.8) is 0 Å². The molecular formula is C24H28ClFN2O2. The van der Waals surface area contributed by atoms with Gasteiger partial charge < -0.3 is 10.2 Å². The SMILES string of the molecule is Cc1cccc(CN(C(=O)Cc2c(F)cccc2Cl)[C@@H](C)C(=O)NC2CCCC2)c1. The Hall–Kier alpha value is -2.40.